The summed E-state index contributed by atoms with van der Waals surface area (Å²) in [6.45, 7) is 0. The van der Waals surface area contributed by atoms with Gasteiger partial charge in [0, 0.05) is 23.8 Å². The van der Waals surface area contributed by atoms with Crippen molar-refractivity contribution < 1.29 is 4.79 Å². The van der Waals surface area contributed by atoms with E-state index < -0.39 is 5.91 Å². The Bertz CT molecular complexity index is 538. The number of nitrogens with one attached hydrogen (secondary N) is 1. The molecule has 86 valence electrons. The highest BCUT2D eigenvalue weighted by atomic mass is 16.1. The molecule has 17 heavy (non-hydrogen) atoms. The van der Waals surface area contributed by atoms with Crippen LogP contribution in [-0.4, -0.2) is 15.9 Å². The van der Waals surface area contributed by atoms with Gasteiger partial charge in [-0.05, 0) is 24.3 Å². The fraction of sp³-hybridized carbons (Fsp3) is 0. The highest BCUT2D eigenvalue weighted by molar-refractivity contribution is 5.96. The van der Waals surface area contributed by atoms with Crippen molar-refractivity contribution in [1.82, 2.24) is 9.97 Å². The minimum atomic E-state index is -0.629. The van der Waals surface area contributed by atoms with Crippen molar-refractivity contribution in [1.29, 1.82) is 0 Å². The molecule has 2 rings (SSSR count). The van der Waals surface area contributed by atoms with Crippen LogP contribution in [0.1, 0.15) is 10.5 Å². The van der Waals surface area contributed by atoms with Crippen LogP contribution in [0.4, 0.5) is 17.2 Å². The Morgan fingerprint density at radius 3 is 2.41 bits per heavy atom. The summed E-state index contributed by atoms with van der Waals surface area (Å²) in [5.74, 6) is -0.305. The number of benzene rings is 1. The van der Waals surface area contributed by atoms with Gasteiger partial charge in [0.05, 0.1) is 0 Å². The van der Waals surface area contributed by atoms with Crippen LogP contribution in [0.3, 0.4) is 0 Å². The van der Waals surface area contributed by atoms with E-state index in [2.05, 4.69) is 15.3 Å². The van der Waals surface area contributed by atoms with Crippen molar-refractivity contribution in [2.24, 2.45) is 5.73 Å². The van der Waals surface area contributed by atoms with E-state index in [1.807, 2.05) is 0 Å². The maximum Gasteiger partial charge on any atom is 0.271 e. The second-order valence-corrected chi connectivity index (χ2v) is 3.36. The SMILES string of the molecule is NC(=O)c1nccnc1Nc1ccc(N)cc1. The van der Waals surface area contributed by atoms with Gasteiger partial charge >= 0.3 is 0 Å². The molecule has 6 nitrogen and oxygen atoms in total. The van der Waals surface area contributed by atoms with Crippen molar-refractivity contribution >= 4 is 23.1 Å². The van der Waals surface area contributed by atoms with E-state index in [9.17, 15) is 4.79 Å². The van der Waals surface area contributed by atoms with E-state index in [1.165, 1.54) is 12.4 Å². The standard InChI is InChI=1S/C11H11N5O/c12-7-1-3-8(4-2-7)16-11-9(10(13)17)14-5-6-15-11/h1-6H,12H2,(H2,13,17)(H,15,16). The Labute approximate surface area is 97.7 Å². The number of hydrogen-bond acceptors (Lipinski definition) is 5. The Morgan fingerprint density at radius 1 is 1.12 bits per heavy atom. The van der Waals surface area contributed by atoms with E-state index >= 15 is 0 Å². The summed E-state index contributed by atoms with van der Waals surface area (Å²) in [4.78, 5) is 19.0. The van der Waals surface area contributed by atoms with Gasteiger partial charge in [-0.3, -0.25) is 4.79 Å². The zero-order chi connectivity index (χ0) is 12.3. The van der Waals surface area contributed by atoms with Gasteiger partial charge in [0.2, 0.25) is 0 Å². The lowest BCUT2D eigenvalue weighted by atomic mass is 10.3. The van der Waals surface area contributed by atoms with Gasteiger partial charge in [-0.15, -0.1) is 0 Å². The monoisotopic (exact) mass is 229 g/mol. The van der Waals surface area contributed by atoms with Crippen LogP contribution >= 0.6 is 0 Å². The first-order chi connectivity index (χ1) is 8.16. The first-order valence-corrected chi connectivity index (χ1v) is 4.90. The van der Waals surface area contributed by atoms with Crippen LogP contribution in [0.25, 0.3) is 0 Å². The summed E-state index contributed by atoms with van der Waals surface area (Å²) in [6.07, 6.45) is 2.89. The Kier molecular flexibility index (Phi) is 2.87. The van der Waals surface area contributed by atoms with E-state index in [-0.39, 0.29) is 5.69 Å². The second kappa shape index (κ2) is 4.48. The molecule has 2 aromatic rings. The average Bonchev–Trinajstić information content (AvgIpc) is 2.32. The summed E-state index contributed by atoms with van der Waals surface area (Å²) < 4.78 is 0. The number of rotatable bonds is 3. The lowest BCUT2D eigenvalue weighted by Crippen LogP contribution is -2.16. The summed E-state index contributed by atoms with van der Waals surface area (Å²) >= 11 is 0. The molecule has 5 N–H and O–H groups in total. The minimum absolute atomic E-state index is 0.101. The Morgan fingerprint density at radius 2 is 1.76 bits per heavy atom. The highest BCUT2D eigenvalue weighted by Crippen LogP contribution is 2.17. The molecule has 0 saturated carbocycles. The average molecular weight is 229 g/mol. The molecule has 1 heterocycles. The molecule has 0 bridgehead atoms. The highest BCUT2D eigenvalue weighted by Gasteiger charge is 2.10. The van der Waals surface area contributed by atoms with Gasteiger partial charge in [-0.1, -0.05) is 0 Å². The lowest BCUT2D eigenvalue weighted by Gasteiger charge is -2.07. The van der Waals surface area contributed by atoms with E-state index in [0.29, 0.717) is 11.5 Å². The molecular weight excluding hydrogens is 218 g/mol. The number of carbonyl (C=O) groups is 1. The maximum atomic E-state index is 11.1. The van der Waals surface area contributed by atoms with E-state index in [0.717, 1.165) is 5.69 Å². The first-order valence-electron chi connectivity index (χ1n) is 4.90. The third-order valence-electron chi connectivity index (χ3n) is 2.11. The number of aromatic nitrogens is 2. The summed E-state index contributed by atoms with van der Waals surface area (Å²) in [5.41, 5.74) is 12.3. The third kappa shape index (κ3) is 2.49. The molecule has 0 aliphatic carbocycles. The fourth-order valence-electron chi connectivity index (χ4n) is 1.31. The van der Waals surface area contributed by atoms with Crippen molar-refractivity contribution in [2.75, 3.05) is 11.1 Å². The summed E-state index contributed by atoms with van der Waals surface area (Å²) in [6, 6.07) is 7.02. The van der Waals surface area contributed by atoms with Crippen LogP contribution < -0.4 is 16.8 Å². The van der Waals surface area contributed by atoms with Gasteiger partial charge in [0.25, 0.3) is 5.91 Å². The third-order valence-corrected chi connectivity index (χ3v) is 2.11. The predicted molar refractivity (Wildman–Crippen MR) is 64.7 cm³/mol. The predicted octanol–water partition coefficient (Wildman–Crippen LogP) is 0.901. The number of nitrogens with two attached hydrogens (primary N) is 2. The van der Waals surface area contributed by atoms with Crippen LogP contribution in [-0.2, 0) is 0 Å². The number of carbonyl (C=O) groups excluding carboxylic acids is 1. The molecule has 0 aliphatic heterocycles. The van der Waals surface area contributed by atoms with Crippen LogP contribution in [0.5, 0.6) is 0 Å². The maximum absolute atomic E-state index is 11.1. The van der Waals surface area contributed by atoms with E-state index in [1.54, 1.807) is 24.3 Å². The molecule has 0 atom stereocenters. The molecule has 0 unspecified atom stereocenters. The van der Waals surface area contributed by atoms with Crippen molar-refractivity contribution in [3.63, 3.8) is 0 Å². The molecule has 0 fully saturated rings. The lowest BCUT2D eigenvalue weighted by molar-refractivity contribution is 0.0996. The van der Waals surface area contributed by atoms with Crippen molar-refractivity contribution in [2.45, 2.75) is 0 Å². The van der Waals surface area contributed by atoms with Gasteiger partial charge in [0.1, 0.15) is 0 Å². The number of primary amides is 1. The molecule has 0 radical (unpaired) electrons. The first kappa shape index (κ1) is 10.9. The van der Waals surface area contributed by atoms with Gasteiger partial charge in [-0.25, -0.2) is 9.97 Å². The molecular formula is C11H11N5O. The minimum Gasteiger partial charge on any atom is -0.399 e. The smallest absolute Gasteiger partial charge is 0.271 e. The fourth-order valence-corrected chi connectivity index (χ4v) is 1.31. The number of nitrogens with zero attached hydrogens (tertiary/aromatic N) is 2. The van der Waals surface area contributed by atoms with Crippen LogP contribution in [0.2, 0.25) is 0 Å². The van der Waals surface area contributed by atoms with Crippen molar-refractivity contribution in [3.8, 4) is 0 Å². The largest absolute Gasteiger partial charge is 0.399 e. The molecule has 6 heteroatoms. The molecule has 0 saturated heterocycles. The molecule has 0 aliphatic rings. The zero-order valence-electron chi connectivity index (χ0n) is 8.92. The zero-order valence-corrected chi connectivity index (χ0v) is 8.92. The Balaban J connectivity index is 2.30. The topological polar surface area (TPSA) is 107 Å². The number of amides is 1. The van der Waals surface area contributed by atoms with E-state index in [4.69, 9.17) is 11.5 Å². The molecule has 1 aromatic heterocycles. The summed E-state index contributed by atoms with van der Waals surface area (Å²) in [7, 11) is 0. The number of nitrogen functional groups attached to an aromatic ring is 1. The quantitative estimate of drug-likeness (QED) is 0.678. The van der Waals surface area contributed by atoms with Gasteiger partial charge in [0.15, 0.2) is 11.5 Å². The number of hydrogen-bond donors (Lipinski definition) is 3. The molecule has 0 spiro atoms. The normalized spacial score (nSPS) is 9.88. The van der Waals surface area contributed by atoms with Crippen LogP contribution in [0.15, 0.2) is 36.7 Å². The molecule has 1 amide bonds. The second-order valence-electron chi connectivity index (χ2n) is 3.36. The van der Waals surface area contributed by atoms with Crippen molar-refractivity contribution in [3.05, 3.63) is 42.4 Å². The van der Waals surface area contributed by atoms with Gasteiger partial charge in [-0.2, -0.15) is 0 Å². The number of anilines is 3. The summed E-state index contributed by atoms with van der Waals surface area (Å²) in [5, 5.41) is 2.95. The Hall–Kier alpha value is -2.63. The van der Waals surface area contributed by atoms with Gasteiger partial charge < -0.3 is 16.8 Å². The molecule has 1 aromatic carbocycles. The van der Waals surface area contributed by atoms with Crippen LogP contribution in [0, 0.1) is 0 Å².